The van der Waals surface area contributed by atoms with E-state index in [-0.39, 0.29) is 6.47 Å². The van der Waals surface area contributed by atoms with Gasteiger partial charge in [0.1, 0.15) is 5.82 Å². The summed E-state index contributed by atoms with van der Waals surface area (Å²) in [5.74, 6) is 0.908. The van der Waals surface area contributed by atoms with Gasteiger partial charge >= 0.3 is 0 Å². The third kappa shape index (κ3) is 3.93. The van der Waals surface area contributed by atoms with Crippen molar-refractivity contribution < 1.29 is 9.90 Å². The SMILES string of the molecule is Cc1cnc(Cn2ccnc2-c2cnsc2)cn1.O=CO. The van der Waals surface area contributed by atoms with Crippen molar-refractivity contribution in [3.05, 3.63) is 47.8 Å². The van der Waals surface area contributed by atoms with Crippen LogP contribution in [-0.2, 0) is 11.3 Å². The second-order valence-electron chi connectivity index (χ2n) is 4.05. The summed E-state index contributed by atoms with van der Waals surface area (Å²) < 4.78 is 6.14. The largest absolute Gasteiger partial charge is 0.483 e. The van der Waals surface area contributed by atoms with Gasteiger partial charge < -0.3 is 9.67 Å². The molecule has 1 N–H and O–H groups in total. The third-order valence-corrected chi connectivity index (χ3v) is 3.16. The smallest absolute Gasteiger partial charge is 0.290 e. The Morgan fingerprint density at radius 2 is 2.10 bits per heavy atom. The Morgan fingerprint density at radius 1 is 1.29 bits per heavy atom. The van der Waals surface area contributed by atoms with Crippen molar-refractivity contribution in [1.82, 2.24) is 23.9 Å². The van der Waals surface area contributed by atoms with Gasteiger partial charge in [-0.05, 0) is 18.5 Å². The van der Waals surface area contributed by atoms with Crippen LogP contribution in [0, 0.1) is 6.92 Å². The van der Waals surface area contributed by atoms with E-state index in [1.807, 2.05) is 29.3 Å². The van der Waals surface area contributed by atoms with Crippen molar-refractivity contribution in [1.29, 1.82) is 0 Å². The fraction of sp³-hybridized carbons (Fsp3) is 0.154. The summed E-state index contributed by atoms with van der Waals surface area (Å²) in [4.78, 5) is 21.3. The molecule has 0 saturated carbocycles. The first-order valence-corrected chi connectivity index (χ1v) is 6.84. The summed E-state index contributed by atoms with van der Waals surface area (Å²) in [5.41, 5.74) is 2.87. The number of aromatic nitrogens is 5. The lowest BCUT2D eigenvalue weighted by Gasteiger charge is -2.05. The summed E-state index contributed by atoms with van der Waals surface area (Å²) >= 11 is 1.42. The molecule has 3 heterocycles. The first kappa shape index (κ1) is 14.8. The fourth-order valence-electron chi connectivity index (χ4n) is 1.69. The second-order valence-corrected chi connectivity index (χ2v) is 4.70. The highest BCUT2D eigenvalue weighted by Crippen LogP contribution is 2.18. The van der Waals surface area contributed by atoms with Crippen LogP contribution in [0.1, 0.15) is 11.4 Å². The number of nitrogens with zero attached hydrogens (tertiary/aromatic N) is 5. The van der Waals surface area contributed by atoms with E-state index in [0.29, 0.717) is 6.54 Å². The minimum absolute atomic E-state index is 0.250. The van der Waals surface area contributed by atoms with Crippen molar-refractivity contribution in [3.8, 4) is 11.4 Å². The molecule has 7 nitrogen and oxygen atoms in total. The molecule has 0 aliphatic rings. The normalized spacial score (nSPS) is 9.76. The molecule has 8 heteroatoms. The highest BCUT2D eigenvalue weighted by molar-refractivity contribution is 7.03. The minimum Gasteiger partial charge on any atom is -0.483 e. The average molecular weight is 303 g/mol. The molecule has 0 aliphatic heterocycles. The van der Waals surface area contributed by atoms with E-state index < -0.39 is 0 Å². The second kappa shape index (κ2) is 7.25. The number of hydrogen-bond acceptors (Lipinski definition) is 6. The van der Waals surface area contributed by atoms with Crippen molar-refractivity contribution in [2.45, 2.75) is 13.5 Å². The van der Waals surface area contributed by atoms with Gasteiger partial charge in [0.05, 0.1) is 30.3 Å². The van der Waals surface area contributed by atoms with Crippen LogP contribution in [0.5, 0.6) is 0 Å². The minimum atomic E-state index is -0.250. The Balaban J connectivity index is 0.000000497. The lowest BCUT2D eigenvalue weighted by Crippen LogP contribution is -2.03. The number of carboxylic acid groups (broad SMARTS) is 1. The quantitative estimate of drug-likeness (QED) is 0.742. The molecule has 0 saturated heterocycles. The zero-order valence-corrected chi connectivity index (χ0v) is 12.1. The van der Waals surface area contributed by atoms with Crippen molar-refractivity contribution in [2.75, 3.05) is 0 Å². The molecular weight excluding hydrogens is 290 g/mol. The molecular formula is C13H13N5O2S. The first-order chi connectivity index (χ1) is 10.2. The third-order valence-electron chi connectivity index (χ3n) is 2.57. The van der Waals surface area contributed by atoms with E-state index in [4.69, 9.17) is 9.90 Å². The predicted molar refractivity (Wildman–Crippen MR) is 77.9 cm³/mol. The van der Waals surface area contributed by atoms with E-state index in [1.165, 1.54) is 11.5 Å². The Hall–Kier alpha value is -2.61. The van der Waals surface area contributed by atoms with Gasteiger partial charge in [0.2, 0.25) is 0 Å². The predicted octanol–water partition coefficient (Wildman–Crippen LogP) is 1.85. The topological polar surface area (TPSA) is 93.8 Å². The Morgan fingerprint density at radius 3 is 2.71 bits per heavy atom. The van der Waals surface area contributed by atoms with Crippen LogP contribution in [0.15, 0.2) is 36.4 Å². The van der Waals surface area contributed by atoms with Crippen LogP contribution in [-0.4, -0.2) is 35.5 Å². The highest BCUT2D eigenvalue weighted by atomic mass is 32.1. The molecule has 3 aromatic rings. The van der Waals surface area contributed by atoms with Crippen molar-refractivity contribution in [3.63, 3.8) is 0 Å². The molecule has 0 amide bonds. The fourth-order valence-corrected chi connectivity index (χ4v) is 2.20. The average Bonchev–Trinajstić information content (AvgIpc) is 3.13. The molecule has 0 atom stereocenters. The van der Waals surface area contributed by atoms with E-state index in [9.17, 15) is 0 Å². The van der Waals surface area contributed by atoms with Crippen LogP contribution >= 0.6 is 11.5 Å². The van der Waals surface area contributed by atoms with Gasteiger partial charge in [0.25, 0.3) is 6.47 Å². The molecule has 0 aromatic carbocycles. The zero-order valence-electron chi connectivity index (χ0n) is 11.2. The van der Waals surface area contributed by atoms with Crippen LogP contribution < -0.4 is 0 Å². The standard InChI is InChI=1S/C12H11N5S.CH2O2/c1-9-4-15-11(6-14-9)7-17-3-2-13-12(17)10-5-16-18-8-10;2-1-3/h2-6,8H,7H2,1H3;1H,(H,2,3). The molecule has 0 fully saturated rings. The molecule has 0 radical (unpaired) electrons. The molecule has 0 aliphatic carbocycles. The molecule has 0 bridgehead atoms. The van der Waals surface area contributed by atoms with Crippen molar-refractivity contribution >= 4 is 18.0 Å². The number of hydrogen-bond donors (Lipinski definition) is 1. The summed E-state index contributed by atoms with van der Waals surface area (Å²) in [6.07, 6.45) is 9.12. The van der Waals surface area contributed by atoms with E-state index in [1.54, 1.807) is 18.6 Å². The molecule has 108 valence electrons. The van der Waals surface area contributed by atoms with Crippen LogP contribution in [0.4, 0.5) is 0 Å². The Bertz CT molecular complexity index is 679. The maximum Gasteiger partial charge on any atom is 0.290 e. The number of carbonyl (C=O) groups is 1. The van der Waals surface area contributed by atoms with E-state index in [2.05, 4.69) is 19.3 Å². The number of rotatable bonds is 3. The summed E-state index contributed by atoms with van der Waals surface area (Å²) in [7, 11) is 0. The molecule has 3 rings (SSSR count). The monoisotopic (exact) mass is 303 g/mol. The van der Waals surface area contributed by atoms with Gasteiger partial charge in [-0.25, -0.2) is 9.36 Å². The number of aryl methyl sites for hydroxylation is 1. The van der Waals surface area contributed by atoms with Gasteiger partial charge in [-0.1, -0.05) is 0 Å². The zero-order chi connectivity index (χ0) is 15.1. The lowest BCUT2D eigenvalue weighted by molar-refractivity contribution is -0.122. The van der Waals surface area contributed by atoms with E-state index in [0.717, 1.165) is 22.8 Å². The summed E-state index contributed by atoms with van der Waals surface area (Å²) in [5, 5.41) is 8.87. The lowest BCUT2D eigenvalue weighted by atomic mass is 10.3. The first-order valence-electron chi connectivity index (χ1n) is 6.01. The summed E-state index contributed by atoms with van der Waals surface area (Å²) in [6.45, 7) is 2.34. The van der Waals surface area contributed by atoms with Gasteiger partial charge in [-0.3, -0.25) is 14.8 Å². The number of imidazole rings is 1. The Kier molecular flexibility index (Phi) is 5.10. The molecule has 0 spiro atoms. The molecule has 21 heavy (non-hydrogen) atoms. The maximum atomic E-state index is 8.36. The van der Waals surface area contributed by atoms with Gasteiger partial charge in [0, 0.05) is 29.5 Å². The summed E-state index contributed by atoms with van der Waals surface area (Å²) in [6, 6.07) is 0. The molecule has 3 aromatic heterocycles. The van der Waals surface area contributed by atoms with Crippen LogP contribution in [0.2, 0.25) is 0 Å². The maximum absolute atomic E-state index is 8.36. The van der Waals surface area contributed by atoms with Gasteiger partial charge in [0.15, 0.2) is 0 Å². The van der Waals surface area contributed by atoms with Crippen LogP contribution in [0.3, 0.4) is 0 Å². The highest BCUT2D eigenvalue weighted by Gasteiger charge is 2.07. The van der Waals surface area contributed by atoms with Crippen LogP contribution in [0.25, 0.3) is 11.4 Å². The van der Waals surface area contributed by atoms with Gasteiger partial charge in [-0.2, -0.15) is 0 Å². The van der Waals surface area contributed by atoms with Crippen molar-refractivity contribution in [2.24, 2.45) is 0 Å². The van der Waals surface area contributed by atoms with E-state index >= 15 is 0 Å². The van der Waals surface area contributed by atoms with Gasteiger partial charge in [-0.15, -0.1) is 0 Å². The Labute approximate surface area is 125 Å². The molecule has 0 unspecified atom stereocenters.